The van der Waals surface area contributed by atoms with E-state index in [2.05, 4.69) is 52.0 Å². The van der Waals surface area contributed by atoms with Crippen molar-refractivity contribution >= 4 is 34.1 Å². The van der Waals surface area contributed by atoms with Gasteiger partial charge in [0.25, 0.3) is 0 Å². The first-order valence-corrected chi connectivity index (χ1v) is 8.34. The predicted octanol–water partition coefficient (Wildman–Crippen LogP) is 4.52. The minimum absolute atomic E-state index is 0.0230. The first kappa shape index (κ1) is 14.5. The third-order valence-electron chi connectivity index (χ3n) is 3.66. The van der Waals surface area contributed by atoms with Gasteiger partial charge in [0.2, 0.25) is 0 Å². The average Bonchev–Trinajstić information content (AvgIpc) is 3.06. The van der Waals surface area contributed by atoms with Crippen LogP contribution in [-0.4, -0.2) is 14.5 Å². The van der Waals surface area contributed by atoms with E-state index in [9.17, 15) is 0 Å². The van der Waals surface area contributed by atoms with E-state index in [0.29, 0.717) is 5.88 Å². The van der Waals surface area contributed by atoms with Gasteiger partial charge < -0.3 is 4.57 Å². The van der Waals surface area contributed by atoms with Crippen molar-refractivity contribution in [2.45, 2.75) is 38.6 Å². The van der Waals surface area contributed by atoms with Gasteiger partial charge in [-0.2, -0.15) is 0 Å². The SMILES string of the molecule is Cc1cnc2c(c1)nc(CCl)n2CC(C)(C)c1cccs1. The lowest BCUT2D eigenvalue weighted by molar-refractivity contribution is 0.441. The Morgan fingerprint density at radius 1 is 1.38 bits per heavy atom. The van der Waals surface area contributed by atoms with Crippen LogP contribution in [0.2, 0.25) is 0 Å². The normalized spacial score (nSPS) is 12.2. The zero-order valence-corrected chi connectivity index (χ0v) is 14.0. The van der Waals surface area contributed by atoms with E-state index in [4.69, 9.17) is 11.6 Å². The molecule has 0 saturated heterocycles. The molecule has 3 rings (SSSR count). The van der Waals surface area contributed by atoms with Crippen LogP contribution in [0.3, 0.4) is 0 Å². The molecular formula is C16H18ClN3S. The summed E-state index contributed by atoms with van der Waals surface area (Å²) in [6.45, 7) is 7.34. The van der Waals surface area contributed by atoms with Crippen molar-refractivity contribution in [2.24, 2.45) is 0 Å². The maximum absolute atomic E-state index is 6.09. The van der Waals surface area contributed by atoms with Gasteiger partial charge in [0, 0.05) is 23.0 Å². The van der Waals surface area contributed by atoms with Crippen molar-refractivity contribution in [1.29, 1.82) is 0 Å². The molecule has 0 spiro atoms. The third-order valence-corrected chi connectivity index (χ3v) is 5.14. The van der Waals surface area contributed by atoms with Crippen molar-refractivity contribution in [3.63, 3.8) is 0 Å². The van der Waals surface area contributed by atoms with Crippen LogP contribution in [0, 0.1) is 6.92 Å². The molecule has 0 aliphatic heterocycles. The molecule has 0 aliphatic rings. The van der Waals surface area contributed by atoms with Gasteiger partial charge >= 0.3 is 0 Å². The fourth-order valence-corrected chi connectivity index (χ4v) is 3.61. The Morgan fingerprint density at radius 2 is 2.19 bits per heavy atom. The van der Waals surface area contributed by atoms with Gasteiger partial charge in [0.05, 0.1) is 5.88 Å². The van der Waals surface area contributed by atoms with E-state index in [1.54, 1.807) is 11.3 Å². The number of aromatic nitrogens is 3. The Morgan fingerprint density at radius 3 is 2.86 bits per heavy atom. The molecule has 0 fully saturated rings. The molecule has 3 aromatic rings. The summed E-state index contributed by atoms with van der Waals surface area (Å²) in [5.74, 6) is 1.28. The molecule has 0 radical (unpaired) electrons. The van der Waals surface area contributed by atoms with Gasteiger partial charge in [0.1, 0.15) is 11.3 Å². The maximum atomic E-state index is 6.09. The summed E-state index contributed by atoms with van der Waals surface area (Å²) >= 11 is 7.87. The van der Waals surface area contributed by atoms with E-state index in [1.165, 1.54) is 4.88 Å². The Balaban J connectivity index is 2.07. The van der Waals surface area contributed by atoms with Crippen molar-refractivity contribution < 1.29 is 0 Å². The van der Waals surface area contributed by atoms with E-state index in [-0.39, 0.29) is 5.41 Å². The molecule has 3 heterocycles. The van der Waals surface area contributed by atoms with E-state index in [0.717, 1.165) is 29.1 Å². The highest BCUT2D eigenvalue weighted by atomic mass is 35.5. The van der Waals surface area contributed by atoms with Crippen LogP contribution < -0.4 is 0 Å². The first-order chi connectivity index (χ1) is 10.0. The molecule has 0 aliphatic carbocycles. The second-order valence-corrected chi connectivity index (χ2v) is 7.18. The van der Waals surface area contributed by atoms with Crippen LogP contribution in [-0.2, 0) is 17.8 Å². The lowest BCUT2D eigenvalue weighted by Gasteiger charge is -2.25. The quantitative estimate of drug-likeness (QED) is 0.662. The highest BCUT2D eigenvalue weighted by Gasteiger charge is 2.25. The van der Waals surface area contributed by atoms with Crippen LogP contribution in [0.5, 0.6) is 0 Å². The van der Waals surface area contributed by atoms with E-state index >= 15 is 0 Å². The summed E-state index contributed by atoms with van der Waals surface area (Å²) in [6, 6.07) is 6.34. The van der Waals surface area contributed by atoms with Gasteiger partial charge in [-0.15, -0.1) is 22.9 Å². The number of alkyl halides is 1. The fraction of sp³-hybridized carbons (Fsp3) is 0.375. The fourth-order valence-electron chi connectivity index (χ4n) is 2.56. The standard InChI is InChI=1S/C16H18ClN3S/c1-11-7-12-15(18-9-11)20(14(8-17)19-12)10-16(2,3)13-5-4-6-21-13/h4-7,9H,8,10H2,1-3H3. The first-order valence-electron chi connectivity index (χ1n) is 6.93. The zero-order chi connectivity index (χ0) is 15.0. The zero-order valence-electron chi connectivity index (χ0n) is 12.4. The van der Waals surface area contributed by atoms with Crippen LogP contribution in [0.25, 0.3) is 11.2 Å². The number of imidazole rings is 1. The van der Waals surface area contributed by atoms with Gasteiger partial charge in [-0.1, -0.05) is 19.9 Å². The molecule has 0 unspecified atom stereocenters. The van der Waals surface area contributed by atoms with Gasteiger partial charge in [0.15, 0.2) is 5.65 Å². The Kier molecular flexibility index (Phi) is 3.76. The average molecular weight is 320 g/mol. The molecule has 0 aromatic carbocycles. The highest BCUT2D eigenvalue weighted by Crippen LogP contribution is 2.31. The largest absolute Gasteiger partial charge is 0.311 e. The second-order valence-electron chi connectivity index (χ2n) is 5.96. The number of fused-ring (bicyclic) bond motifs is 1. The minimum atomic E-state index is 0.0230. The van der Waals surface area contributed by atoms with E-state index < -0.39 is 0 Å². The number of halogens is 1. The second kappa shape index (κ2) is 5.43. The molecule has 0 saturated carbocycles. The summed E-state index contributed by atoms with van der Waals surface area (Å²) in [4.78, 5) is 10.5. The number of hydrogen-bond acceptors (Lipinski definition) is 3. The topological polar surface area (TPSA) is 30.7 Å². The van der Waals surface area contributed by atoms with Crippen LogP contribution in [0.15, 0.2) is 29.8 Å². The number of rotatable bonds is 4. The summed E-state index contributed by atoms with van der Waals surface area (Å²) in [6.07, 6.45) is 1.89. The molecule has 3 nitrogen and oxygen atoms in total. The van der Waals surface area contributed by atoms with Crippen molar-refractivity contribution in [3.8, 4) is 0 Å². The molecule has 0 atom stereocenters. The summed E-state index contributed by atoms with van der Waals surface area (Å²) in [5, 5.41) is 2.12. The summed E-state index contributed by atoms with van der Waals surface area (Å²) in [7, 11) is 0. The third kappa shape index (κ3) is 2.70. The number of thiophene rings is 1. The molecule has 0 bridgehead atoms. The molecular weight excluding hydrogens is 302 g/mol. The number of nitrogens with zero attached hydrogens (tertiary/aromatic N) is 3. The number of hydrogen-bond donors (Lipinski definition) is 0. The molecule has 110 valence electrons. The molecule has 21 heavy (non-hydrogen) atoms. The molecule has 0 amide bonds. The molecule has 3 aromatic heterocycles. The maximum Gasteiger partial charge on any atom is 0.160 e. The minimum Gasteiger partial charge on any atom is -0.311 e. The van der Waals surface area contributed by atoms with Crippen molar-refractivity contribution in [1.82, 2.24) is 14.5 Å². The number of pyridine rings is 1. The summed E-state index contributed by atoms with van der Waals surface area (Å²) in [5.41, 5.74) is 2.98. The van der Waals surface area contributed by atoms with Crippen LogP contribution >= 0.6 is 22.9 Å². The smallest absolute Gasteiger partial charge is 0.160 e. The highest BCUT2D eigenvalue weighted by molar-refractivity contribution is 7.10. The van der Waals surface area contributed by atoms with Gasteiger partial charge in [-0.25, -0.2) is 9.97 Å². The lowest BCUT2D eigenvalue weighted by atomic mass is 9.91. The molecule has 0 N–H and O–H groups in total. The van der Waals surface area contributed by atoms with Crippen molar-refractivity contribution in [3.05, 3.63) is 46.0 Å². The Hall–Kier alpha value is -1.39. The Bertz CT molecular complexity index is 759. The number of aryl methyl sites for hydroxylation is 1. The van der Waals surface area contributed by atoms with E-state index in [1.807, 2.05) is 13.1 Å². The van der Waals surface area contributed by atoms with Gasteiger partial charge in [-0.3, -0.25) is 0 Å². The summed E-state index contributed by atoms with van der Waals surface area (Å²) < 4.78 is 2.15. The lowest BCUT2D eigenvalue weighted by Crippen LogP contribution is -2.24. The monoisotopic (exact) mass is 319 g/mol. The van der Waals surface area contributed by atoms with Crippen molar-refractivity contribution in [2.75, 3.05) is 0 Å². The van der Waals surface area contributed by atoms with Crippen LogP contribution in [0.1, 0.15) is 30.1 Å². The Labute approximate surface area is 133 Å². The predicted molar refractivity (Wildman–Crippen MR) is 89.2 cm³/mol. The van der Waals surface area contributed by atoms with Crippen LogP contribution in [0.4, 0.5) is 0 Å². The van der Waals surface area contributed by atoms with Gasteiger partial charge in [-0.05, 0) is 30.0 Å². The molecule has 5 heteroatoms.